The molecule has 0 aliphatic carbocycles. The molecule has 0 fully saturated rings. The minimum Gasteiger partial charge on any atom is -0.469 e. The van der Waals surface area contributed by atoms with Gasteiger partial charge in [0.25, 0.3) is 0 Å². The van der Waals surface area contributed by atoms with E-state index < -0.39 is 0 Å². The number of hydrogen-bond donors (Lipinski definition) is 0. The lowest BCUT2D eigenvalue weighted by Crippen LogP contribution is -2.21. The first-order chi connectivity index (χ1) is 9.58. The maximum Gasteiger partial charge on any atom is 0.164 e. The maximum atomic E-state index is 12.2. The number of nitrogens with zero attached hydrogens (tertiary/aromatic N) is 1. The average molecular weight is 271 g/mol. The van der Waals surface area contributed by atoms with Gasteiger partial charge in [-0.1, -0.05) is 24.3 Å². The van der Waals surface area contributed by atoms with Crippen LogP contribution in [0, 0.1) is 13.8 Å². The number of aryl methyl sites for hydroxylation is 2. The summed E-state index contributed by atoms with van der Waals surface area (Å²) in [5.74, 6) is 1.15. The van der Waals surface area contributed by atoms with Crippen molar-refractivity contribution in [3.63, 3.8) is 0 Å². The van der Waals surface area contributed by atoms with Crippen LogP contribution in [0.1, 0.15) is 33.7 Å². The van der Waals surface area contributed by atoms with Gasteiger partial charge in [0, 0.05) is 30.6 Å². The highest BCUT2D eigenvalue weighted by atomic mass is 16.3. The Morgan fingerprint density at radius 2 is 1.95 bits per heavy atom. The van der Waals surface area contributed by atoms with Crippen LogP contribution in [0.2, 0.25) is 0 Å². The van der Waals surface area contributed by atoms with Gasteiger partial charge < -0.3 is 9.32 Å². The molecule has 0 amide bonds. The molecular formula is C17H21NO2. The number of rotatable bonds is 6. The van der Waals surface area contributed by atoms with Crippen LogP contribution < -0.4 is 0 Å². The van der Waals surface area contributed by atoms with Gasteiger partial charge in [0.2, 0.25) is 0 Å². The predicted octanol–water partition coefficient (Wildman–Crippen LogP) is 3.60. The van der Waals surface area contributed by atoms with E-state index in [-0.39, 0.29) is 5.78 Å². The van der Waals surface area contributed by atoms with E-state index in [1.807, 2.05) is 51.2 Å². The van der Waals surface area contributed by atoms with Crippen molar-refractivity contribution in [2.75, 3.05) is 13.6 Å². The molecule has 0 atom stereocenters. The quantitative estimate of drug-likeness (QED) is 0.753. The molecular weight excluding hydrogens is 250 g/mol. The van der Waals surface area contributed by atoms with Gasteiger partial charge >= 0.3 is 0 Å². The van der Waals surface area contributed by atoms with Crippen LogP contribution in [0.3, 0.4) is 0 Å². The van der Waals surface area contributed by atoms with Crippen molar-refractivity contribution in [2.45, 2.75) is 26.8 Å². The van der Waals surface area contributed by atoms with Crippen molar-refractivity contribution in [3.8, 4) is 0 Å². The molecule has 0 unspecified atom stereocenters. The number of benzene rings is 1. The van der Waals surface area contributed by atoms with Crippen molar-refractivity contribution in [1.82, 2.24) is 4.90 Å². The third-order valence-electron chi connectivity index (χ3n) is 3.57. The predicted molar refractivity (Wildman–Crippen MR) is 79.9 cm³/mol. The Hall–Kier alpha value is -1.87. The normalized spacial score (nSPS) is 11.0. The molecule has 0 bridgehead atoms. The van der Waals surface area contributed by atoms with E-state index in [2.05, 4.69) is 4.90 Å². The fraction of sp³-hybridized carbons (Fsp3) is 0.353. The molecule has 0 radical (unpaired) electrons. The van der Waals surface area contributed by atoms with Crippen molar-refractivity contribution in [3.05, 3.63) is 59.0 Å². The van der Waals surface area contributed by atoms with Gasteiger partial charge in [-0.05, 0) is 32.5 Å². The second kappa shape index (κ2) is 6.53. The number of Topliss-reactive ketones (excluding diaryl/α,β-unsaturated/α-hetero) is 1. The molecule has 1 aromatic heterocycles. The van der Waals surface area contributed by atoms with Crippen molar-refractivity contribution >= 4 is 5.78 Å². The molecule has 3 nitrogen and oxygen atoms in total. The Morgan fingerprint density at radius 3 is 2.60 bits per heavy atom. The summed E-state index contributed by atoms with van der Waals surface area (Å²) in [7, 11) is 2.03. The SMILES string of the molecule is Cc1ccccc1C(=O)CCN(C)Cc1ccoc1C. The van der Waals surface area contributed by atoms with Crippen molar-refractivity contribution in [1.29, 1.82) is 0 Å². The van der Waals surface area contributed by atoms with E-state index in [1.165, 1.54) is 5.56 Å². The Labute approximate surface area is 120 Å². The third kappa shape index (κ3) is 3.58. The van der Waals surface area contributed by atoms with E-state index in [1.54, 1.807) is 6.26 Å². The molecule has 0 aliphatic rings. The maximum absolute atomic E-state index is 12.2. The highest BCUT2D eigenvalue weighted by molar-refractivity contribution is 5.97. The summed E-state index contributed by atoms with van der Waals surface area (Å²) >= 11 is 0. The van der Waals surface area contributed by atoms with Gasteiger partial charge in [-0.15, -0.1) is 0 Å². The zero-order valence-electron chi connectivity index (χ0n) is 12.3. The Kier molecular flexibility index (Phi) is 4.74. The fourth-order valence-electron chi connectivity index (χ4n) is 2.26. The number of carbonyl (C=O) groups excluding carboxylic acids is 1. The first-order valence-electron chi connectivity index (χ1n) is 6.88. The minimum atomic E-state index is 0.207. The summed E-state index contributed by atoms with van der Waals surface area (Å²) in [6.45, 7) is 5.49. The molecule has 20 heavy (non-hydrogen) atoms. The lowest BCUT2D eigenvalue weighted by molar-refractivity contribution is 0.0967. The molecule has 106 valence electrons. The summed E-state index contributed by atoms with van der Waals surface area (Å²) in [4.78, 5) is 14.3. The molecule has 2 rings (SSSR count). The van der Waals surface area contributed by atoms with Crippen LogP contribution in [0.15, 0.2) is 41.0 Å². The molecule has 1 heterocycles. The smallest absolute Gasteiger partial charge is 0.164 e. The fourth-order valence-corrected chi connectivity index (χ4v) is 2.26. The Morgan fingerprint density at radius 1 is 1.20 bits per heavy atom. The van der Waals surface area contributed by atoms with Gasteiger partial charge in [0.15, 0.2) is 5.78 Å². The van der Waals surface area contributed by atoms with Crippen LogP contribution in [-0.2, 0) is 6.54 Å². The topological polar surface area (TPSA) is 33.5 Å². The highest BCUT2D eigenvalue weighted by Gasteiger charge is 2.11. The van der Waals surface area contributed by atoms with Crippen LogP contribution in [0.5, 0.6) is 0 Å². The molecule has 0 saturated carbocycles. The van der Waals surface area contributed by atoms with Gasteiger partial charge in [-0.2, -0.15) is 0 Å². The molecule has 0 spiro atoms. The number of carbonyl (C=O) groups is 1. The number of hydrogen-bond acceptors (Lipinski definition) is 3. The molecule has 0 aliphatic heterocycles. The summed E-state index contributed by atoms with van der Waals surface area (Å²) in [6.07, 6.45) is 2.25. The second-order valence-electron chi connectivity index (χ2n) is 5.23. The summed E-state index contributed by atoms with van der Waals surface area (Å²) in [5.41, 5.74) is 3.06. The first kappa shape index (κ1) is 14.5. The van der Waals surface area contributed by atoms with E-state index in [9.17, 15) is 4.79 Å². The summed E-state index contributed by atoms with van der Waals surface area (Å²) in [6, 6.07) is 9.73. The number of ketones is 1. The Bertz CT molecular complexity index is 586. The van der Waals surface area contributed by atoms with Gasteiger partial charge in [-0.3, -0.25) is 4.79 Å². The average Bonchev–Trinajstić information content (AvgIpc) is 2.82. The van der Waals surface area contributed by atoms with Crippen molar-refractivity contribution < 1.29 is 9.21 Å². The third-order valence-corrected chi connectivity index (χ3v) is 3.57. The van der Waals surface area contributed by atoms with E-state index >= 15 is 0 Å². The van der Waals surface area contributed by atoms with E-state index in [0.717, 1.165) is 30.0 Å². The molecule has 0 saturated heterocycles. The summed E-state index contributed by atoms with van der Waals surface area (Å²) < 4.78 is 5.28. The molecule has 2 aromatic rings. The van der Waals surface area contributed by atoms with Gasteiger partial charge in [-0.25, -0.2) is 0 Å². The van der Waals surface area contributed by atoms with Crippen molar-refractivity contribution in [2.24, 2.45) is 0 Å². The van der Waals surface area contributed by atoms with E-state index in [4.69, 9.17) is 4.42 Å². The van der Waals surface area contributed by atoms with Gasteiger partial charge in [0.1, 0.15) is 5.76 Å². The van der Waals surface area contributed by atoms with Crippen LogP contribution in [0.25, 0.3) is 0 Å². The lowest BCUT2D eigenvalue weighted by atomic mass is 10.0. The zero-order chi connectivity index (χ0) is 14.5. The highest BCUT2D eigenvalue weighted by Crippen LogP contribution is 2.13. The second-order valence-corrected chi connectivity index (χ2v) is 5.23. The minimum absolute atomic E-state index is 0.207. The monoisotopic (exact) mass is 271 g/mol. The summed E-state index contributed by atoms with van der Waals surface area (Å²) in [5, 5.41) is 0. The van der Waals surface area contributed by atoms with Crippen LogP contribution >= 0.6 is 0 Å². The number of furan rings is 1. The Balaban J connectivity index is 1.87. The van der Waals surface area contributed by atoms with E-state index in [0.29, 0.717) is 6.42 Å². The first-order valence-corrected chi connectivity index (χ1v) is 6.88. The molecule has 1 aromatic carbocycles. The van der Waals surface area contributed by atoms with Gasteiger partial charge in [0.05, 0.1) is 6.26 Å². The largest absolute Gasteiger partial charge is 0.469 e. The zero-order valence-corrected chi connectivity index (χ0v) is 12.3. The molecule has 3 heteroatoms. The van der Waals surface area contributed by atoms with Crippen LogP contribution in [0.4, 0.5) is 0 Å². The lowest BCUT2D eigenvalue weighted by Gasteiger charge is -2.16. The molecule has 0 N–H and O–H groups in total. The standard InChI is InChI=1S/C17H21NO2/c1-13-6-4-5-7-16(13)17(19)8-10-18(3)12-15-9-11-20-14(15)2/h4-7,9,11H,8,10,12H2,1-3H3. The van der Waals surface area contributed by atoms with Crippen LogP contribution in [-0.4, -0.2) is 24.3 Å².